The van der Waals surface area contributed by atoms with Gasteiger partial charge in [-0.2, -0.15) is 0 Å². The fraction of sp³-hybridized carbons (Fsp3) is 0.273. The summed E-state index contributed by atoms with van der Waals surface area (Å²) in [7, 11) is 0. The van der Waals surface area contributed by atoms with Crippen LogP contribution in [0.15, 0.2) is 48.0 Å². The van der Waals surface area contributed by atoms with Crippen molar-refractivity contribution in [3.63, 3.8) is 0 Å². The van der Waals surface area contributed by atoms with Crippen LogP contribution in [0.5, 0.6) is 0 Å². The molecule has 0 bridgehead atoms. The molecule has 2 heteroatoms. The monoisotopic (exact) mass is 176 g/mol. The molecular formula is C11H12O2. The van der Waals surface area contributed by atoms with Gasteiger partial charge in [-0.15, -0.1) is 0 Å². The molecule has 0 radical (unpaired) electrons. The molecule has 0 aromatic rings. The van der Waals surface area contributed by atoms with E-state index in [4.69, 9.17) is 9.47 Å². The second-order valence-electron chi connectivity index (χ2n) is 3.11. The summed E-state index contributed by atoms with van der Waals surface area (Å²) < 4.78 is 10.6. The average molecular weight is 176 g/mol. The molecule has 2 rings (SSSR count). The number of hydrogen-bond acceptors (Lipinski definition) is 2. The third kappa shape index (κ3) is 1.28. The Hall–Kier alpha value is -1.44. The maximum absolute atomic E-state index is 5.45. The van der Waals surface area contributed by atoms with Crippen LogP contribution in [0.25, 0.3) is 0 Å². The molecule has 1 atom stereocenters. The van der Waals surface area contributed by atoms with Crippen molar-refractivity contribution in [1.29, 1.82) is 0 Å². The first kappa shape index (κ1) is 8.17. The maximum atomic E-state index is 5.45. The van der Waals surface area contributed by atoms with Crippen molar-refractivity contribution in [2.45, 2.75) is 13.0 Å². The molecule has 2 aliphatic heterocycles. The Kier molecular flexibility index (Phi) is 1.97. The number of allylic oxidation sites excluding steroid dienone is 1. The van der Waals surface area contributed by atoms with Gasteiger partial charge in [0.1, 0.15) is 12.7 Å². The van der Waals surface area contributed by atoms with Gasteiger partial charge in [0.2, 0.25) is 0 Å². The quantitative estimate of drug-likeness (QED) is 0.610. The van der Waals surface area contributed by atoms with Crippen LogP contribution in [0.3, 0.4) is 0 Å². The highest BCUT2D eigenvalue weighted by Crippen LogP contribution is 2.29. The molecule has 2 heterocycles. The molecule has 2 aliphatic rings. The largest absolute Gasteiger partial charge is 0.496 e. The fourth-order valence-electron chi connectivity index (χ4n) is 1.57. The minimum atomic E-state index is 0.0963. The topological polar surface area (TPSA) is 18.5 Å². The van der Waals surface area contributed by atoms with E-state index in [-0.39, 0.29) is 6.10 Å². The summed E-state index contributed by atoms with van der Waals surface area (Å²) in [5.74, 6) is 0. The molecule has 0 saturated carbocycles. The van der Waals surface area contributed by atoms with E-state index in [1.807, 2.05) is 19.1 Å². The van der Waals surface area contributed by atoms with Gasteiger partial charge < -0.3 is 9.47 Å². The van der Waals surface area contributed by atoms with Gasteiger partial charge in [-0.25, -0.2) is 0 Å². The zero-order valence-electron chi connectivity index (χ0n) is 7.62. The van der Waals surface area contributed by atoms with Crippen LogP contribution in [-0.2, 0) is 9.47 Å². The van der Waals surface area contributed by atoms with Gasteiger partial charge in [0.25, 0.3) is 0 Å². The van der Waals surface area contributed by atoms with Crippen molar-refractivity contribution in [3.05, 3.63) is 48.0 Å². The Morgan fingerprint density at radius 3 is 3.23 bits per heavy atom. The summed E-state index contributed by atoms with van der Waals surface area (Å²) in [6.45, 7) is 6.39. The van der Waals surface area contributed by atoms with Crippen molar-refractivity contribution >= 4 is 0 Å². The lowest BCUT2D eigenvalue weighted by Crippen LogP contribution is -2.18. The summed E-state index contributed by atoms with van der Waals surface area (Å²) in [5.41, 5.74) is 3.42. The molecule has 1 unspecified atom stereocenters. The standard InChI is InChI=1S/C11H12O2/c1-3-10-8(2)13-7-9-6-12-5-4-11(9)10/h3-5,7-8H,1,6H2,2H3. The van der Waals surface area contributed by atoms with E-state index >= 15 is 0 Å². The van der Waals surface area contributed by atoms with Crippen LogP contribution in [0.4, 0.5) is 0 Å². The molecule has 13 heavy (non-hydrogen) atoms. The van der Waals surface area contributed by atoms with Crippen LogP contribution in [-0.4, -0.2) is 12.7 Å². The van der Waals surface area contributed by atoms with Crippen LogP contribution in [0, 0.1) is 0 Å². The average Bonchev–Trinajstić information content (AvgIpc) is 2.18. The lowest BCUT2D eigenvalue weighted by molar-refractivity contribution is 0.179. The van der Waals surface area contributed by atoms with E-state index in [2.05, 4.69) is 6.58 Å². The van der Waals surface area contributed by atoms with Crippen molar-refractivity contribution in [1.82, 2.24) is 0 Å². The van der Waals surface area contributed by atoms with E-state index in [0.29, 0.717) is 6.61 Å². The number of fused-ring (bicyclic) bond motifs is 1. The van der Waals surface area contributed by atoms with Crippen molar-refractivity contribution < 1.29 is 9.47 Å². The third-order valence-corrected chi connectivity index (χ3v) is 2.30. The summed E-state index contributed by atoms with van der Waals surface area (Å²) in [5, 5.41) is 0. The first-order valence-electron chi connectivity index (χ1n) is 4.32. The second kappa shape index (κ2) is 3.13. The molecule has 0 N–H and O–H groups in total. The molecule has 0 amide bonds. The zero-order valence-corrected chi connectivity index (χ0v) is 7.62. The van der Waals surface area contributed by atoms with Crippen molar-refractivity contribution in [2.24, 2.45) is 0 Å². The van der Waals surface area contributed by atoms with Gasteiger partial charge in [-0.3, -0.25) is 0 Å². The molecule has 0 fully saturated rings. The Morgan fingerprint density at radius 1 is 1.62 bits per heavy atom. The molecule has 0 spiro atoms. The Labute approximate surface area is 77.8 Å². The number of ether oxygens (including phenoxy) is 2. The Morgan fingerprint density at radius 2 is 2.46 bits per heavy atom. The van der Waals surface area contributed by atoms with Crippen molar-refractivity contribution in [3.8, 4) is 0 Å². The van der Waals surface area contributed by atoms with Gasteiger partial charge in [-0.05, 0) is 24.1 Å². The van der Waals surface area contributed by atoms with Crippen LogP contribution in [0.2, 0.25) is 0 Å². The van der Waals surface area contributed by atoms with E-state index in [0.717, 1.165) is 11.1 Å². The summed E-state index contributed by atoms with van der Waals surface area (Å²) in [6, 6.07) is 0. The predicted octanol–water partition coefficient (Wildman–Crippen LogP) is 2.32. The predicted molar refractivity (Wildman–Crippen MR) is 50.9 cm³/mol. The number of hydrogen-bond donors (Lipinski definition) is 0. The third-order valence-electron chi connectivity index (χ3n) is 2.30. The first-order chi connectivity index (χ1) is 6.33. The highest BCUT2D eigenvalue weighted by molar-refractivity contribution is 5.50. The van der Waals surface area contributed by atoms with E-state index in [1.165, 1.54) is 5.57 Å². The maximum Gasteiger partial charge on any atom is 0.121 e. The molecule has 0 aromatic carbocycles. The van der Waals surface area contributed by atoms with Gasteiger partial charge in [-0.1, -0.05) is 12.7 Å². The van der Waals surface area contributed by atoms with Crippen LogP contribution >= 0.6 is 0 Å². The summed E-state index contributed by atoms with van der Waals surface area (Å²) >= 11 is 0. The van der Waals surface area contributed by atoms with E-state index < -0.39 is 0 Å². The van der Waals surface area contributed by atoms with E-state index in [9.17, 15) is 0 Å². The zero-order chi connectivity index (χ0) is 9.26. The normalized spacial score (nSPS) is 25.6. The lowest BCUT2D eigenvalue weighted by Gasteiger charge is -2.25. The molecule has 0 saturated heterocycles. The number of rotatable bonds is 1. The summed E-state index contributed by atoms with van der Waals surface area (Å²) in [6.07, 6.45) is 7.40. The minimum Gasteiger partial charge on any atom is -0.496 e. The molecule has 0 aliphatic carbocycles. The van der Waals surface area contributed by atoms with E-state index in [1.54, 1.807) is 12.5 Å². The highest BCUT2D eigenvalue weighted by Gasteiger charge is 2.20. The Bertz CT molecular complexity index is 321. The minimum absolute atomic E-state index is 0.0963. The Balaban J connectivity index is 2.48. The molecular weight excluding hydrogens is 164 g/mol. The smallest absolute Gasteiger partial charge is 0.121 e. The highest BCUT2D eigenvalue weighted by atomic mass is 16.5. The van der Waals surface area contributed by atoms with Crippen LogP contribution in [0.1, 0.15) is 6.92 Å². The first-order valence-corrected chi connectivity index (χ1v) is 4.32. The molecule has 2 nitrogen and oxygen atoms in total. The second-order valence-corrected chi connectivity index (χ2v) is 3.11. The van der Waals surface area contributed by atoms with Gasteiger partial charge in [0.05, 0.1) is 12.5 Å². The fourth-order valence-corrected chi connectivity index (χ4v) is 1.57. The van der Waals surface area contributed by atoms with Crippen LogP contribution < -0.4 is 0 Å². The molecule has 0 aromatic heterocycles. The van der Waals surface area contributed by atoms with Gasteiger partial charge in [0.15, 0.2) is 0 Å². The lowest BCUT2D eigenvalue weighted by atomic mass is 9.95. The SMILES string of the molecule is C=CC1=C2C=COCC2=COC1C. The van der Waals surface area contributed by atoms with Gasteiger partial charge >= 0.3 is 0 Å². The van der Waals surface area contributed by atoms with Crippen molar-refractivity contribution in [2.75, 3.05) is 6.61 Å². The van der Waals surface area contributed by atoms with Gasteiger partial charge in [0, 0.05) is 5.57 Å². The summed E-state index contributed by atoms with van der Waals surface area (Å²) in [4.78, 5) is 0. The molecule has 68 valence electrons.